The third kappa shape index (κ3) is 2.13. The number of carbonyl (C=O) groups excluding carboxylic acids is 2. The van der Waals surface area contributed by atoms with E-state index in [0.29, 0.717) is 12.2 Å². The molecule has 1 aliphatic heterocycles. The van der Waals surface area contributed by atoms with E-state index in [4.69, 9.17) is 11.6 Å². The average Bonchev–Trinajstić information content (AvgIpc) is 2.57. The van der Waals surface area contributed by atoms with E-state index in [2.05, 4.69) is 0 Å². The number of benzene rings is 1. The van der Waals surface area contributed by atoms with Crippen LogP contribution in [0, 0.1) is 0 Å². The SMILES string of the molecule is CC(=O)c1cccc(N2CC(Cl)CC2=O)c1O. The fraction of sp³-hybridized carbons (Fsp3) is 0.333. The summed E-state index contributed by atoms with van der Waals surface area (Å²) < 4.78 is 0. The zero-order valence-electron chi connectivity index (χ0n) is 9.31. The molecule has 0 aliphatic carbocycles. The summed E-state index contributed by atoms with van der Waals surface area (Å²) in [5.74, 6) is -0.529. The molecule has 1 aromatic rings. The zero-order valence-corrected chi connectivity index (χ0v) is 10.1. The summed E-state index contributed by atoms with van der Waals surface area (Å²) in [6.45, 7) is 1.73. The quantitative estimate of drug-likeness (QED) is 0.647. The van der Waals surface area contributed by atoms with Crippen LogP contribution < -0.4 is 4.90 Å². The summed E-state index contributed by atoms with van der Waals surface area (Å²) in [7, 11) is 0. The number of aromatic hydroxyl groups is 1. The van der Waals surface area contributed by atoms with E-state index in [-0.39, 0.29) is 34.8 Å². The Balaban J connectivity index is 2.43. The second kappa shape index (κ2) is 4.37. The van der Waals surface area contributed by atoms with Crippen molar-refractivity contribution in [3.8, 4) is 5.75 Å². The van der Waals surface area contributed by atoms with Crippen LogP contribution >= 0.6 is 11.6 Å². The van der Waals surface area contributed by atoms with E-state index in [1.165, 1.54) is 17.9 Å². The number of nitrogens with zero attached hydrogens (tertiary/aromatic N) is 1. The lowest BCUT2D eigenvalue weighted by atomic mass is 10.1. The molecular formula is C12H12ClNO3. The molecule has 1 aromatic carbocycles. The van der Waals surface area contributed by atoms with Gasteiger partial charge in [-0.05, 0) is 19.1 Å². The van der Waals surface area contributed by atoms with Crippen molar-refractivity contribution in [2.24, 2.45) is 0 Å². The third-order valence-corrected chi connectivity index (χ3v) is 3.05. The van der Waals surface area contributed by atoms with Crippen molar-refractivity contribution in [3.63, 3.8) is 0 Å². The molecule has 0 spiro atoms. The van der Waals surface area contributed by atoms with E-state index in [1.54, 1.807) is 12.1 Å². The summed E-state index contributed by atoms with van der Waals surface area (Å²) in [6, 6.07) is 4.77. The molecule has 1 amide bonds. The van der Waals surface area contributed by atoms with Crippen LogP contribution in [0.5, 0.6) is 5.75 Å². The van der Waals surface area contributed by atoms with Gasteiger partial charge in [-0.15, -0.1) is 11.6 Å². The highest BCUT2D eigenvalue weighted by molar-refractivity contribution is 6.24. The number of carbonyl (C=O) groups is 2. The van der Waals surface area contributed by atoms with Gasteiger partial charge in [-0.3, -0.25) is 9.59 Å². The minimum atomic E-state index is -0.247. The molecule has 0 aromatic heterocycles. The molecule has 5 heteroatoms. The van der Waals surface area contributed by atoms with E-state index >= 15 is 0 Å². The molecule has 1 aliphatic rings. The molecular weight excluding hydrogens is 242 g/mol. The number of halogens is 1. The number of hydrogen-bond acceptors (Lipinski definition) is 3. The van der Waals surface area contributed by atoms with Crippen LogP contribution in [0.25, 0.3) is 0 Å². The van der Waals surface area contributed by atoms with Crippen molar-refractivity contribution >= 4 is 29.0 Å². The normalized spacial score (nSPS) is 19.8. The summed E-state index contributed by atoms with van der Waals surface area (Å²) in [5.41, 5.74) is 0.569. The monoisotopic (exact) mass is 253 g/mol. The minimum absolute atomic E-state index is 0.138. The Bertz CT molecular complexity index is 487. The van der Waals surface area contributed by atoms with Crippen molar-refractivity contribution in [1.29, 1.82) is 0 Å². The number of rotatable bonds is 2. The van der Waals surface area contributed by atoms with Crippen molar-refractivity contribution < 1.29 is 14.7 Å². The Hall–Kier alpha value is -1.55. The van der Waals surface area contributed by atoms with Crippen LogP contribution in [0.1, 0.15) is 23.7 Å². The first-order valence-corrected chi connectivity index (χ1v) is 5.71. The lowest BCUT2D eigenvalue weighted by Gasteiger charge is -2.18. The van der Waals surface area contributed by atoms with Crippen LogP contribution in [-0.4, -0.2) is 28.7 Å². The highest BCUT2D eigenvalue weighted by Crippen LogP contribution is 2.34. The van der Waals surface area contributed by atoms with Crippen molar-refractivity contribution in [2.75, 3.05) is 11.4 Å². The lowest BCUT2D eigenvalue weighted by Crippen LogP contribution is -2.24. The van der Waals surface area contributed by atoms with Crippen LogP contribution in [0.15, 0.2) is 18.2 Å². The molecule has 0 radical (unpaired) electrons. The fourth-order valence-corrected chi connectivity index (χ4v) is 2.20. The maximum absolute atomic E-state index is 11.7. The molecule has 17 heavy (non-hydrogen) atoms. The molecule has 4 nitrogen and oxygen atoms in total. The number of anilines is 1. The smallest absolute Gasteiger partial charge is 0.228 e. The number of alkyl halides is 1. The van der Waals surface area contributed by atoms with Gasteiger partial charge in [-0.25, -0.2) is 0 Å². The van der Waals surface area contributed by atoms with E-state index < -0.39 is 0 Å². The van der Waals surface area contributed by atoms with E-state index in [9.17, 15) is 14.7 Å². The van der Waals surface area contributed by atoms with Crippen molar-refractivity contribution in [3.05, 3.63) is 23.8 Å². The van der Waals surface area contributed by atoms with Crippen LogP contribution in [0.4, 0.5) is 5.69 Å². The molecule has 1 atom stereocenters. The number of para-hydroxylation sites is 1. The maximum atomic E-state index is 11.7. The van der Waals surface area contributed by atoms with Crippen LogP contribution in [0.2, 0.25) is 0 Å². The Labute approximate surface area is 104 Å². The Kier molecular flexibility index (Phi) is 3.07. The number of ketones is 1. The van der Waals surface area contributed by atoms with Gasteiger partial charge < -0.3 is 10.0 Å². The molecule has 0 bridgehead atoms. The van der Waals surface area contributed by atoms with Gasteiger partial charge in [-0.1, -0.05) is 6.07 Å². The molecule has 90 valence electrons. The van der Waals surface area contributed by atoms with Gasteiger partial charge in [0.2, 0.25) is 5.91 Å². The highest BCUT2D eigenvalue weighted by atomic mass is 35.5. The summed E-state index contributed by atoms with van der Waals surface area (Å²) >= 11 is 5.90. The Morgan fingerprint density at radius 2 is 2.24 bits per heavy atom. The van der Waals surface area contributed by atoms with Gasteiger partial charge in [-0.2, -0.15) is 0 Å². The molecule has 1 N–H and O–H groups in total. The topological polar surface area (TPSA) is 57.6 Å². The van der Waals surface area contributed by atoms with Crippen molar-refractivity contribution in [1.82, 2.24) is 0 Å². The molecule has 1 fully saturated rings. The van der Waals surface area contributed by atoms with Gasteiger partial charge in [0.05, 0.1) is 16.6 Å². The summed E-state index contributed by atoms with van der Waals surface area (Å²) in [5, 5.41) is 9.72. The second-order valence-corrected chi connectivity index (χ2v) is 4.65. The Morgan fingerprint density at radius 1 is 1.53 bits per heavy atom. The number of amides is 1. The zero-order chi connectivity index (χ0) is 12.6. The molecule has 1 unspecified atom stereocenters. The first kappa shape index (κ1) is 11.9. The lowest BCUT2D eigenvalue weighted by molar-refractivity contribution is -0.117. The van der Waals surface area contributed by atoms with Gasteiger partial charge in [0.25, 0.3) is 0 Å². The van der Waals surface area contributed by atoms with E-state index in [1.807, 2.05) is 0 Å². The standard InChI is InChI=1S/C12H12ClNO3/c1-7(15)9-3-2-4-10(12(9)17)14-6-8(13)5-11(14)16/h2-4,8,17H,5-6H2,1H3. The van der Waals surface area contributed by atoms with E-state index in [0.717, 1.165) is 0 Å². The van der Waals surface area contributed by atoms with Gasteiger partial charge in [0.1, 0.15) is 5.75 Å². The number of hydrogen-bond donors (Lipinski definition) is 1. The van der Waals surface area contributed by atoms with Gasteiger partial charge >= 0.3 is 0 Å². The van der Waals surface area contributed by atoms with Crippen LogP contribution in [0.3, 0.4) is 0 Å². The van der Waals surface area contributed by atoms with Crippen LogP contribution in [-0.2, 0) is 4.79 Å². The summed E-state index contributed by atoms with van der Waals surface area (Å²) in [6.07, 6.45) is 0.255. The molecule has 2 rings (SSSR count). The predicted molar refractivity (Wildman–Crippen MR) is 64.7 cm³/mol. The second-order valence-electron chi connectivity index (χ2n) is 4.04. The Morgan fingerprint density at radius 3 is 2.76 bits per heavy atom. The molecule has 1 saturated heterocycles. The van der Waals surface area contributed by atoms with Gasteiger partial charge in [0, 0.05) is 13.0 Å². The minimum Gasteiger partial charge on any atom is -0.505 e. The molecule has 1 heterocycles. The number of phenolic OH excluding ortho intramolecular Hbond substituents is 1. The van der Waals surface area contributed by atoms with Gasteiger partial charge in [0.15, 0.2) is 5.78 Å². The average molecular weight is 254 g/mol. The first-order valence-electron chi connectivity index (χ1n) is 5.28. The number of Topliss-reactive ketones (excluding diaryl/α,β-unsaturated/α-hetero) is 1. The highest BCUT2D eigenvalue weighted by Gasteiger charge is 2.31. The maximum Gasteiger partial charge on any atom is 0.228 e. The summed E-state index contributed by atoms with van der Waals surface area (Å²) in [4.78, 5) is 24.4. The largest absolute Gasteiger partial charge is 0.505 e. The van der Waals surface area contributed by atoms with Crippen molar-refractivity contribution in [2.45, 2.75) is 18.7 Å². The number of phenols is 1. The predicted octanol–water partition coefficient (Wildman–Crippen LogP) is 1.94. The molecule has 0 saturated carbocycles. The third-order valence-electron chi connectivity index (χ3n) is 2.76. The first-order chi connectivity index (χ1) is 8.00. The fourth-order valence-electron chi connectivity index (χ4n) is 1.93.